The lowest BCUT2D eigenvalue weighted by Gasteiger charge is -2.06. The predicted molar refractivity (Wildman–Crippen MR) is 53.4 cm³/mol. The molecule has 1 unspecified atom stereocenters. The molecule has 11 heavy (non-hydrogen) atoms. The SMILES string of the molecule is CCSC(C)c1scnc1C. The third kappa shape index (κ3) is 2.20. The first-order valence-electron chi connectivity index (χ1n) is 3.77. The van der Waals surface area contributed by atoms with Crippen LogP contribution in [-0.2, 0) is 0 Å². The normalized spacial score (nSPS) is 13.4. The molecule has 0 aliphatic heterocycles. The number of hydrogen-bond acceptors (Lipinski definition) is 3. The van der Waals surface area contributed by atoms with Crippen LogP contribution in [0.2, 0.25) is 0 Å². The fourth-order valence-corrected chi connectivity index (χ4v) is 2.96. The molecule has 0 saturated carbocycles. The van der Waals surface area contributed by atoms with Crippen LogP contribution < -0.4 is 0 Å². The Bertz CT molecular complexity index is 220. The minimum absolute atomic E-state index is 0.618. The van der Waals surface area contributed by atoms with E-state index in [1.807, 2.05) is 17.3 Å². The average Bonchev–Trinajstić information content (AvgIpc) is 2.36. The summed E-state index contributed by atoms with van der Waals surface area (Å²) in [5, 5.41) is 0.618. The van der Waals surface area contributed by atoms with E-state index >= 15 is 0 Å². The van der Waals surface area contributed by atoms with Gasteiger partial charge in [0.15, 0.2) is 0 Å². The van der Waals surface area contributed by atoms with E-state index in [9.17, 15) is 0 Å². The molecule has 0 spiro atoms. The van der Waals surface area contributed by atoms with Crippen LogP contribution >= 0.6 is 23.1 Å². The highest BCUT2D eigenvalue weighted by Crippen LogP contribution is 2.32. The second-order valence-electron chi connectivity index (χ2n) is 2.40. The molecule has 62 valence electrons. The summed E-state index contributed by atoms with van der Waals surface area (Å²) in [6, 6.07) is 0. The maximum atomic E-state index is 4.23. The van der Waals surface area contributed by atoms with Crippen molar-refractivity contribution in [1.29, 1.82) is 0 Å². The molecule has 0 fully saturated rings. The van der Waals surface area contributed by atoms with Crippen LogP contribution in [0.4, 0.5) is 0 Å². The fraction of sp³-hybridized carbons (Fsp3) is 0.625. The second kappa shape index (κ2) is 4.12. The molecule has 1 aromatic heterocycles. The first-order valence-corrected chi connectivity index (χ1v) is 5.70. The minimum Gasteiger partial charge on any atom is -0.250 e. The average molecular weight is 187 g/mol. The Balaban J connectivity index is 2.67. The zero-order chi connectivity index (χ0) is 8.27. The molecule has 0 amide bonds. The number of thiazole rings is 1. The lowest BCUT2D eigenvalue weighted by molar-refractivity contribution is 1.08. The van der Waals surface area contributed by atoms with E-state index in [2.05, 4.69) is 25.8 Å². The molecule has 3 heteroatoms. The van der Waals surface area contributed by atoms with Gasteiger partial charge in [-0.15, -0.1) is 11.3 Å². The van der Waals surface area contributed by atoms with E-state index < -0.39 is 0 Å². The van der Waals surface area contributed by atoms with Crippen molar-refractivity contribution in [1.82, 2.24) is 4.98 Å². The van der Waals surface area contributed by atoms with Crippen molar-refractivity contribution < 1.29 is 0 Å². The van der Waals surface area contributed by atoms with Gasteiger partial charge in [0.05, 0.1) is 11.2 Å². The fourth-order valence-electron chi connectivity index (χ4n) is 1.03. The summed E-state index contributed by atoms with van der Waals surface area (Å²) in [7, 11) is 0. The maximum Gasteiger partial charge on any atom is 0.0797 e. The van der Waals surface area contributed by atoms with Crippen molar-refractivity contribution in [3.63, 3.8) is 0 Å². The molecule has 1 atom stereocenters. The molecule has 1 nitrogen and oxygen atoms in total. The summed E-state index contributed by atoms with van der Waals surface area (Å²) in [4.78, 5) is 5.65. The Labute approximate surface area is 76.2 Å². The summed E-state index contributed by atoms with van der Waals surface area (Å²) in [6.45, 7) is 6.52. The molecular formula is C8H13NS2. The van der Waals surface area contributed by atoms with Crippen LogP contribution in [0.25, 0.3) is 0 Å². The van der Waals surface area contributed by atoms with E-state index in [-0.39, 0.29) is 0 Å². The van der Waals surface area contributed by atoms with E-state index in [4.69, 9.17) is 0 Å². The third-order valence-electron chi connectivity index (χ3n) is 1.57. The largest absolute Gasteiger partial charge is 0.250 e. The zero-order valence-corrected chi connectivity index (χ0v) is 8.76. The second-order valence-corrected chi connectivity index (χ2v) is 4.90. The standard InChI is InChI=1S/C8H13NS2/c1-4-10-7(3)8-6(2)9-5-11-8/h5,7H,4H2,1-3H3. The maximum absolute atomic E-state index is 4.23. The van der Waals surface area contributed by atoms with E-state index in [1.165, 1.54) is 16.3 Å². The van der Waals surface area contributed by atoms with Gasteiger partial charge in [0.2, 0.25) is 0 Å². The molecular weight excluding hydrogens is 174 g/mol. The van der Waals surface area contributed by atoms with Crippen molar-refractivity contribution in [2.75, 3.05) is 5.75 Å². The zero-order valence-electron chi connectivity index (χ0n) is 7.13. The molecule has 1 aromatic rings. The van der Waals surface area contributed by atoms with Crippen LogP contribution in [0.1, 0.15) is 29.7 Å². The Hall–Kier alpha value is -0.0200. The van der Waals surface area contributed by atoms with E-state index in [0.717, 1.165) is 0 Å². The first-order chi connectivity index (χ1) is 5.25. The molecule has 1 rings (SSSR count). The lowest BCUT2D eigenvalue weighted by atomic mass is 10.3. The number of rotatable bonds is 3. The molecule has 0 saturated heterocycles. The highest BCUT2D eigenvalue weighted by atomic mass is 32.2. The van der Waals surface area contributed by atoms with Gasteiger partial charge in [-0.3, -0.25) is 0 Å². The van der Waals surface area contributed by atoms with Gasteiger partial charge in [-0.1, -0.05) is 6.92 Å². The van der Waals surface area contributed by atoms with Gasteiger partial charge in [0.25, 0.3) is 0 Å². The van der Waals surface area contributed by atoms with Crippen LogP contribution in [-0.4, -0.2) is 10.7 Å². The van der Waals surface area contributed by atoms with Crippen molar-refractivity contribution in [2.45, 2.75) is 26.0 Å². The minimum atomic E-state index is 0.618. The molecule has 0 aliphatic carbocycles. The summed E-state index contributed by atoms with van der Waals surface area (Å²) in [5.74, 6) is 1.18. The number of hydrogen-bond donors (Lipinski definition) is 0. The molecule has 0 aromatic carbocycles. The Morgan fingerprint density at radius 2 is 2.45 bits per heavy atom. The molecule has 0 bridgehead atoms. The Kier molecular flexibility index (Phi) is 3.40. The van der Waals surface area contributed by atoms with Gasteiger partial charge in [-0.25, -0.2) is 4.98 Å². The Morgan fingerprint density at radius 3 is 2.91 bits per heavy atom. The predicted octanol–water partition coefficient (Wildman–Crippen LogP) is 3.27. The van der Waals surface area contributed by atoms with Gasteiger partial charge in [-0.2, -0.15) is 11.8 Å². The highest BCUT2D eigenvalue weighted by molar-refractivity contribution is 7.99. The van der Waals surface area contributed by atoms with Crippen molar-refractivity contribution in [3.8, 4) is 0 Å². The van der Waals surface area contributed by atoms with Crippen LogP contribution in [0.15, 0.2) is 5.51 Å². The third-order valence-corrected chi connectivity index (χ3v) is 3.90. The molecule has 0 aliphatic rings. The monoisotopic (exact) mass is 187 g/mol. The summed E-state index contributed by atoms with van der Waals surface area (Å²) in [5.41, 5.74) is 3.13. The van der Waals surface area contributed by atoms with Gasteiger partial charge >= 0.3 is 0 Å². The van der Waals surface area contributed by atoms with E-state index in [1.54, 1.807) is 11.3 Å². The number of aromatic nitrogens is 1. The number of nitrogens with zero attached hydrogens (tertiary/aromatic N) is 1. The van der Waals surface area contributed by atoms with Crippen LogP contribution in [0.5, 0.6) is 0 Å². The van der Waals surface area contributed by atoms with Gasteiger partial charge in [-0.05, 0) is 19.6 Å². The van der Waals surface area contributed by atoms with Crippen molar-refractivity contribution in [2.24, 2.45) is 0 Å². The Morgan fingerprint density at radius 1 is 1.73 bits per heavy atom. The highest BCUT2D eigenvalue weighted by Gasteiger charge is 2.09. The van der Waals surface area contributed by atoms with E-state index in [0.29, 0.717) is 5.25 Å². The van der Waals surface area contributed by atoms with Crippen molar-refractivity contribution >= 4 is 23.1 Å². The topological polar surface area (TPSA) is 12.9 Å². The first kappa shape index (κ1) is 9.07. The van der Waals surface area contributed by atoms with Crippen molar-refractivity contribution in [3.05, 3.63) is 16.1 Å². The molecule has 0 N–H and O–H groups in total. The van der Waals surface area contributed by atoms with Gasteiger partial charge in [0, 0.05) is 10.1 Å². The quantitative estimate of drug-likeness (QED) is 0.720. The number of thioether (sulfide) groups is 1. The summed E-state index contributed by atoms with van der Waals surface area (Å²) < 4.78 is 0. The van der Waals surface area contributed by atoms with Gasteiger partial charge in [0.1, 0.15) is 0 Å². The lowest BCUT2D eigenvalue weighted by Crippen LogP contribution is -1.87. The molecule has 0 radical (unpaired) electrons. The smallest absolute Gasteiger partial charge is 0.0797 e. The van der Waals surface area contributed by atoms with Crippen LogP contribution in [0.3, 0.4) is 0 Å². The summed E-state index contributed by atoms with van der Waals surface area (Å²) >= 11 is 3.74. The summed E-state index contributed by atoms with van der Waals surface area (Å²) in [6.07, 6.45) is 0. The molecule has 1 heterocycles. The van der Waals surface area contributed by atoms with Crippen LogP contribution in [0, 0.1) is 6.92 Å². The number of aryl methyl sites for hydroxylation is 1. The van der Waals surface area contributed by atoms with Gasteiger partial charge < -0.3 is 0 Å².